The van der Waals surface area contributed by atoms with Gasteiger partial charge in [-0.1, -0.05) is 13.8 Å². The molecule has 4 heterocycles. The molecule has 0 aromatic carbocycles. The van der Waals surface area contributed by atoms with Gasteiger partial charge < -0.3 is 9.64 Å². The lowest BCUT2D eigenvalue weighted by atomic mass is 10.2. The van der Waals surface area contributed by atoms with Gasteiger partial charge >= 0.3 is 0 Å². The van der Waals surface area contributed by atoms with Crippen molar-refractivity contribution >= 4 is 17.2 Å². The van der Waals surface area contributed by atoms with Crippen molar-refractivity contribution in [2.45, 2.75) is 46.8 Å². The van der Waals surface area contributed by atoms with Gasteiger partial charge in [-0.15, -0.1) is 11.3 Å². The molecule has 1 fully saturated rings. The molecule has 4 rings (SSSR count). The van der Waals surface area contributed by atoms with Crippen molar-refractivity contribution in [3.05, 3.63) is 45.5 Å². The number of aryl methyl sites for hydroxylation is 2. The van der Waals surface area contributed by atoms with Crippen LogP contribution in [0.3, 0.4) is 0 Å². The summed E-state index contributed by atoms with van der Waals surface area (Å²) in [6, 6.07) is 4.45. The van der Waals surface area contributed by atoms with Crippen LogP contribution >= 0.6 is 11.3 Å². The van der Waals surface area contributed by atoms with Crippen LogP contribution in [0.15, 0.2) is 24.5 Å². The standard InChI is InChI=1S/C24H32N6O2S/c1-6-28(7-2)18-9-11-29(14-18)23(31)20-13-26-30(22(20)15-32-5)24-25-10-8-21(27-24)19-12-16(3)33-17(19)4/h8,10,12-13,18H,6-7,9,11,14-15H2,1-5H3/t18-/m0/s1. The minimum atomic E-state index is -0.0107. The topological polar surface area (TPSA) is 76.4 Å². The summed E-state index contributed by atoms with van der Waals surface area (Å²) < 4.78 is 7.07. The molecule has 1 atom stereocenters. The minimum absolute atomic E-state index is 0.0107. The van der Waals surface area contributed by atoms with E-state index in [0.29, 0.717) is 23.2 Å². The molecule has 33 heavy (non-hydrogen) atoms. The van der Waals surface area contributed by atoms with Crippen molar-refractivity contribution in [1.82, 2.24) is 29.5 Å². The Morgan fingerprint density at radius 2 is 2.09 bits per heavy atom. The lowest BCUT2D eigenvalue weighted by Crippen LogP contribution is -2.38. The Hall–Kier alpha value is -2.62. The first-order valence-electron chi connectivity index (χ1n) is 11.5. The summed E-state index contributed by atoms with van der Waals surface area (Å²) >= 11 is 1.75. The quantitative estimate of drug-likeness (QED) is 0.502. The summed E-state index contributed by atoms with van der Waals surface area (Å²) in [4.78, 5) is 29.4. The van der Waals surface area contributed by atoms with E-state index in [4.69, 9.17) is 9.72 Å². The molecule has 0 aliphatic carbocycles. The summed E-state index contributed by atoms with van der Waals surface area (Å²) in [7, 11) is 1.62. The van der Waals surface area contributed by atoms with E-state index in [1.807, 2.05) is 11.0 Å². The number of nitrogens with zero attached hydrogens (tertiary/aromatic N) is 6. The average Bonchev–Trinajstić information content (AvgIpc) is 3.53. The van der Waals surface area contributed by atoms with E-state index in [9.17, 15) is 4.79 Å². The molecule has 9 heteroatoms. The Bertz CT molecular complexity index is 1120. The molecule has 0 unspecified atom stereocenters. The molecule has 1 aliphatic rings. The van der Waals surface area contributed by atoms with Gasteiger partial charge in [0.05, 0.1) is 29.8 Å². The molecular formula is C24H32N6O2S. The number of aromatic nitrogens is 4. The van der Waals surface area contributed by atoms with E-state index < -0.39 is 0 Å². The summed E-state index contributed by atoms with van der Waals surface area (Å²) in [6.07, 6.45) is 4.35. The molecule has 0 saturated carbocycles. The Morgan fingerprint density at radius 1 is 1.30 bits per heavy atom. The molecule has 0 spiro atoms. The zero-order chi connectivity index (χ0) is 23.5. The van der Waals surface area contributed by atoms with Gasteiger partial charge in [-0.2, -0.15) is 9.78 Å². The second-order valence-corrected chi connectivity index (χ2v) is 9.79. The number of rotatable bonds is 8. The lowest BCUT2D eigenvalue weighted by Gasteiger charge is -2.26. The fourth-order valence-corrected chi connectivity index (χ4v) is 5.55. The fourth-order valence-electron chi connectivity index (χ4n) is 4.62. The van der Waals surface area contributed by atoms with Crippen LogP contribution in [-0.4, -0.2) is 74.8 Å². The van der Waals surface area contributed by atoms with Crippen molar-refractivity contribution in [2.24, 2.45) is 0 Å². The second kappa shape index (κ2) is 10.1. The molecule has 1 amide bonds. The van der Waals surface area contributed by atoms with E-state index >= 15 is 0 Å². The maximum atomic E-state index is 13.4. The zero-order valence-corrected chi connectivity index (χ0v) is 20.9. The van der Waals surface area contributed by atoms with Gasteiger partial charge in [0.15, 0.2) is 0 Å². The summed E-state index contributed by atoms with van der Waals surface area (Å²) in [5, 5.41) is 4.50. The van der Waals surface area contributed by atoms with Gasteiger partial charge in [-0.05, 0) is 45.5 Å². The van der Waals surface area contributed by atoms with Crippen LogP contribution in [-0.2, 0) is 11.3 Å². The molecule has 0 radical (unpaired) electrons. The fraction of sp³-hybridized carbons (Fsp3) is 0.500. The highest BCUT2D eigenvalue weighted by molar-refractivity contribution is 7.12. The van der Waals surface area contributed by atoms with Crippen LogP contribution in [0, 0.1) is 13.8 Å². The summed E-state index contributed by atoms with van der Waals surface area (Å²) in [5.74, 6) is 0.424. The van der Waals surface area contributed by atoms with Crippen LogP contribution in [0.2, 0.25) is 0 Å². The maximum Gasteiger partial charge on any atom is 0.257 e. The first-order chi connectivity index (χ1) is 16.0. The summed E-state index contributed by atoms with van der Waals surface area (Å²) in [5.41, 5.74) is 3.16. The molecule has 1 saturated heterocycles. The van der Waals surface area contributed by atoms with Gasteiger partial charge in [-0.25, -0.2) is 9.97 Å². The van der Waals surface area contributed by atoms with E-state index in [-0.39, 0.29) is 12.5 Å². The van der Waals surface area contributed by atoms with Gasteiger partial charge in [0.2, 0.25) is 0 Å². The Morgan fingerprint density at radius 3 is 2.76 bits per heavy atom. The molecule has 0 N–H and O–H groups in total. The molecule has 176 valence electrons. The highest BCUT2D eigenvalue weighted by atomic mass is 32.1. The van der Waals surface area contributed by atoms with Crippen molar-refractivity contribution in [1.29, 1.82) is 0 Å². The van der Waals surface area contributed by atoms with E-state index in [0.717, 1.165) is 43.9 Å². The van der Waals surface area contributed by atoms with Gasteiger partial charge in [0, 0.05) is 47.8 Å². The van der Waals surface area contributed by atoms with Crippen LogP contribution in [0.5, 0.6) is 0 Å². The minimum Gasteiger partial charge on any atom is -0.378 e. The normalized spacial score (nSPS) is 16.2. The Balaban J connectivity index is 1.63. The van der Waals surface area contributed by atoms with Crippen LogP contribution in [0.1, 0.15) is 46.1 Å². The first-order valence-corrected chi connectivity index (χ1v) is 12.3. The van der Waals surface area contributed by atoms with Crippen LogP contribution in [0.4, 0.5) is 0 Å². The number of methoxy groups -OCH3 is 1. The zero-order valence-electron chi connectivity index (χ0n) is 20.0. The Kier molecular flexibility index (Phi) is 7.21. The van der Waals surface area contributed by atoms with Crippen molar-refractivity contribution in [2.75, 3.05) is 33.3 Å². The number of carbonyl (C=O) groups excluding carboxylic acids is 1. The molecule has 0 bridgehead atoms. The van der Waals surface area contributed by atoms with Gasteiger partial charge in [-0.3, -0.25) is 9.69 Å². The average molecular weight is 469 g/mol. The number of hydrogen-bond donors (Lipinski definition) is 0. The molecule has 1 aliphatic heterocycles. The highest BCUT2D eigenvalue weighted by Gasteiger charge is 2.32. The predicted molar refractivity (Wildman–Crippen MR) is 130 cm³/mol. The Labute approximate surface area is 199 Å². The van der Waals surface area contributed by atoms with E-state index in [1.165, 1.54) is 9.75 Å². The predicted octanol–water partition coefficient (Wildman–Crippen LogP) is 3.71. The largest absolute Gasteiger partial charge is 0.378 e. The highest BCUT2D eigenvalue weighted by Crippen LogP contribution is 2.29. The second-order valence-electron chi connectivity index (χ2n) is 8.33. The number of likely N-dealkylation sites (N-methyl/N-ethyl adjacent to an activating group) is 1. The van der Waals surface area contributed by atoms with E-state index in [1.54, 1.807) is 35.5 Å². The molecule has 8 nitrogen and oxygen atoms in total. The molecule has 3 aromatic heterocycles. The first kappa shape index (κ1) is 23.5. The number of hydrogen-bond acceptors (Lipinski definition) is 7. The third-order valence-corrected chi connectivity index (χ3v) is 7.27. The molecule has 3 aromatic rings. The number of ether oxygens (including phenoxy) is 1. The number of thiophene rings is 1. The smallest absolute Gasteiger partial charge is 0.257 e. The number of amides is 1. The number of carbonyl (C=O) groups is 1. The van der Waals surface area contributed by atoms with Crippen molar-refractivity contribution < 1.29 is 9.53 Å². The van der Waals surface area contributed by atoms with E-state index in [2.05, 4.69) is 48.7 Å². The van der Waals surface area contributed by atoms with Gasteiger partial charge in [0.25, 0.3) is 11.9 Å². The molecular weight excluding hydrogens is 436 g/mol. The summed E-state index contributed by atoms with van der Waals surface area (Å²) in [6.45, 7) is 12.2. The monoisotopic (exact) mass is 468 g/mol. The SMILES string of the molecule is CCN(CC)[C@H]1CCN(C(=O)c2cnn(-c3nccc(-c4cc(C)sc4C)n3)c2COC)C1. The van der Waals surface area contributed by atoms with Crippen LogP contribution in [0.25, 0.3) is 17.2 Å². The van der Waals surface area contributed by atoms with Crippen molar-refractivity contribution in [3.63, 3.8) is 0 Å². The van der Waals surface area contributed by atoms with Crippen molar-refractivity contribution in [3.8, 4) is 17.2 Å². The van der Waals surface area contributed by atoms with Crippen LogP contribution < -0.4 is 0 Å². The maximum absolute atomic E-state index is 13.4. The number of likely N-dealkylation sites (tertiary alicyclic amines) is 1. The third-order valence-electron chi connectivity index (χ3n) is 6.31. The third kappa shape index (κ3) is 4.71. The van der Waals surface area contributed by atoms with Gasteiger partial charge in [0.1, 0.15) is 0 Å². The lowest BCUT2D eigenvalue weighted by molar-refractivity contribution is 0.0772.